The number of halogens is 1. The van der Waals surface area contributed by atoms with Crippen LogP contribution in [0.1, 0.15) is 26.3 Å². The molecule has 0 unspecified atom stereocenters. The van der Waals surface area contributed by atoms with E-state index in [1.54, 1.807) is 13.0 Å². The Morgan fingerprint density at radius 3 is 2.55 bits per heavy atom. The number of nitrogen functional groups attached to an aromatic ring is 1. The second-order valence-electron chi connectivity index (χ2n) is 5.16. The molecule has 5 nitrogen and oxygen atoms in total. The van der Waals surface area contributed by atoms with E-state index in [1.165, 1.54) is 6.07 Å². The van der Waals surface area contributed by atoms with Gasteiger partial charge in [-0.2, -0.15) is 0 Å². The lowest BCUT2D eigenvalue weighted by Crippen LogP contribution is -2.40. The van der Waals surface area contributed by atoms with Crippen molar-refractivity contribution in [3.05, 3.63) is 22.7 Å². The van der Waals surface area contributed by atoms with Gasteiger partial charge in [-0.05, 0) is 45.4 Å². The van der Waals surface area contributed by atoms with E-state index in [0.29, 0.717) is 12.3 Å². The van der Waals surface area contributed by atoms with Gasteiger partial charge in [0.1, 0.15) is 4.90 Å². The topological polar surface area (TPSA) is 81.4 Å². The molecule has 0 aliphatic heterocycles. The number of nitrogens with two attached hydrogens (primary N) is 1. The SMILES string of the molecule is CCOC(C)(C)CNS(=O)(=O)c1cc(N)c(C)cc1Cl. The van der Waals surface area contributed by atoms with Crippen LogP contribution < -0.4 is 10.5 Å². The number of hydrogen-bond donors (Lipinski definition) is 2. The Bertz CT molecular complexity index is 586. The van der Waals surface area contributed by atoms with Gasteiger partial charge in [-0.25, -0.2) is 13.1 Å². The number of aryl methyl sites for hydroxylation is 1. The van der Waals surface area contributed by atoms with Crippen LogP contribution in [0.15, 0.2) is 17.0 Å². The minimum Gasteiger partial charge on any atom is -0.398 e. The predicted octanol–water partition coefficient (Wildman–Crippen LogP) is 2.32. The highest BCUT2D eigenvalue weighted by molar-refractivity contribution is 7.89. The monoisotopic (exact) mass is 320 g/mol. The molecule has 1 aromatic rings. The maximum absolute atomic E-state index is 12.3. The van der Waals surface area contributed by atoms with Crippen molar-refractivity contribution in [3.63, 3.8) is 0 Å². The first kappa shape index (κ1) is 17.2. The lowest BCUT2D eigenvalue weighted by Gasteiger charge is -2.25. The molecule has 1 rings (SSSR count). The minimum atomic E-state index is -3.72. The third-order valence-electron chi connectivity index (χ3n) is 2.83. The van der Waals surface area contributed by atoms with Crippen molar-refractivity contribution in [1.82, 2.24) is 4.72 Å². The maximum atomic E-state index is 12.3. The van der Waals surface area contributed by atoms with Gasteiger partial charge >= 0.3 is 0 Å². The Morgan fingerprint density at radius 1 is 1.40 bits per heavy atom. The van der Waals surface area contributed by atoms with Gasteiger partial charge < -0.3 is 10.5 Å². The quantitative estimate of drug-likeness (QED) is 0.788. The van der Waals surface area contributed by atoms with Gasteiger partial charge in [0, 0.05) is 18.8 Å². The molecule has 0 aliphatic carbocycles. The highest BCUT2D eigenvalue weighted by Crippen LogP contribution is 2.26. The van der Waals surface area contributed by atoms with Crippen molar-refractivity contribution in [2.75, 3.05) is 18.9 Å². The number of ether oxygens (including phenoxy) is 1. The largest absolute Gasteiger partial charge is 0.398 e. The lowest BCUT2D eigenvalue weighted by molar-refractivity contribution is -0.00515. The third-order valence-corrected chi connectivity index (χ3v) is 4.70. The average Bonchev–Trinajstić information content (AvgIpc) is 2.31. The highest BCUT2D eigenvalue weighted by Gasteiger charge is 2.24. The number of hydrogen-bond acceptors (Lipinski definition) is 4. The summed E-state index contributed by atoms with van der Waals surface area (Å²) in [5.74, 6) is 0. The molecule has 1 aromatic carbocycles. The molecular weight excluding hydrogens is 300 g/mol. The molecule has 0 saturated carbocycles. The molecule has 7 heteroatoms. The van der Waals surface area contributed by atoms with Crippen LogP contribution in [0.2, 0.25) is 5.02 Å². The molecule has 0 radical (unpaired) electrons. The van der Waals surface area contributed by atoms with Crippen molar-refractivity contribution >= 4 is 27.3 Å². The summed E-state index contributed by atoms with van der Waals surface area (Å²) in [6.07, 6.45) is 0. The highest BCUT2D eigenvalue weighted by atomic mass is 35.5. The molecule has 0 aliphatic rings. The van der Waals surface area contributed by atoms with E-state index in [2.05, 4.69) is 4.72 Å². The van der Waals surface area contributed by atoms with E-state index < -0.39 is 15.6 Å². The summed E-state index contributed by atoms with van der Waals surface area (Å²) < 4.78 is 32.5. The van der Waals surface area contributed by atoms with Gasteiger partial charge in [-0.15, -0.1) is 0 Å². The maximum Gasteiger partial charge on any atom is 0.242 e. The summed E-state index contributed by atoms with van der Waals surface area (Å²) in [5, 5.41) is 0.151. The van der Waals surface area contributed by atoms with Crippen molar-refractivity contribution in [1.29, 1.82) is 0 Å². The van der Waals surface area contributed by atoms with E-state index in [-0.39, 0.29) is 16.5 Å². The van der Waals surface area contributed by atoms with Crippen LogP contribution in [0, 0.1) is 6.92 Å². The van der Waals surface area contributed by atoms with Crippen LogP contribution in [-0.2, 0) is 14.8 Å². The average molecular weight is 321 g/mol. The summed E-state index contributed by atoms with van der Waals surface area (Å²) in [6.45, 7) is 7.89. The third kappa shape index (κ3) is 4.34. The predicted molar refractivity (Wildman–Crippen MR) is 81.5 cm³/mol. The van der Waals surface area contributed by atoms with Crippen LogP contribution in [0.5, 0.6) is 0 Å². The molecule has 0 amide bonds. The molecule has 0 saturated heterocycles. The molecule has 20 heavy (non-hydrogen) atoms. The summed E-state index contributed by atoms with van der Waals surface area (Å²) in [5.41, 5.74) is 6.27. The van der Waals surface area contributed by atoms with Gasteiger partial charge in [0.15, 0.2) is 0 Å². The van der Waals surface area contributed by atoms with Crippen LogP contribution in [-0.4, -0.2) is 27.2 Å². The second kappa shape index (κ2) is 6.30. The number of benzene rings is 1. The first-order valence-electron chi connectivity index (χ1n) is 6.28. The van der Waals surface area contributed by atoms with Crippen LogP contribution in [0.25, 0.3) is 0 Å². The normalized spacial score (nSPS) is 12.7. The molecular formula is C13H21ClN2O3S. The Balaban J connectivity index is 2.98. The zero-order valence-corrected chi connectivity index (χ0v) is 13.7. The zero-order valence-electron chi connectivity index (χ0n) is 12.2. The van der Waals surface area contributed by atoms with Crippen LogP contribution >= 0.6 is 11.6 Å². The Morgan fingerprint density at radius 2 is 2.00 bits per heavy atom. The summed E-state index contributed by atoms with van der Waals surface area (Å²) in [7, 11) is -3.72. The number of nitrogens with one attached hydrogen (secondary N) is 1. The standard InChI is InChI=1S/C13H21ClN2O3S/c1-5-19-13(3,4)8-16-20(17,18)12-7-11(15)9(2)6-10(12)14/h6-7,16H,5,8,15H2,1-4H3. The first-order valence-corrected chi connectivity index (χ1v) is 8.14. The summed E-state index contributed by atoms with van der Waals surface area (Å²) >= 11 is 5.99. The van der Waals surface area contributed by atoms with E-state index in [9.17, 15) is 8.42 Å². The molecule has 3 N–H and O–H groups in total. The van der Waals surface area contributed by atoms with Crippen molar-refractivity contribution < 1.29 is 13.2 Å². The second-order valence-corrected chi connectivity index (χ2v) is 7.30. The summed E-state index contributed by atoms with van der Waals surface area (Å²) in [4.78, 5) is -0.0189. The number of rotatable bonds is 6. The molecule has 0 spiro atoms. The fourth-order valence-electron chi connectivity index (χ4n) is 1.66. The Hall–Kier alpha value is -0.820. The molecule has 0 aromatic heterocycles. The fraction of sp³-hybridized carbons (Fsp3) is 0.538. The van der Waals surface area contributed by atoms with Crippen molar-refractivity contribution in [2.45, 2.75) is 38.2 Å². The van der Waals surface area contributed by atoms with Gasteiger partial charge in [-0.1, -0.05) is 11.6 Å². The van der Waals surface area contributed by atoms with Gasteiger partial charge in [0.25, 0.3) is 0 Å². The summed E-state index contributed by atoms with van der Waals surface area (Å²) in [6, 6.07) is 2.91. The van der Waals surface area contributed by atoms with Gasteiger partial charge in [0.05, 0.1) is 10.6 Å². The Labute approximate surface area is 125 Å². The number of sulfonamides is 1. The first-order chi connectivity index (χ1) is 9.09. The number of anilines is 1. The van der Waals surface area contributed by atoms with Crippen molar-refractivity contribution in [2.24, 2.45) is 0 Å². The fourth-order valence-corrected chi connectivity index (χ4v) is 3.48. The molecule has 0 heterocycles. The van der Waals surface area contributed by atoms with Gasteiger partial charge in [-0.3, -0.25) is 0 Å². The van der Waals surface area contributed by atoms with E-state index in [4.69, 9.17) is 22.1 Å². The van der Waals surface area contributed by atoms with Crippen LogP contribution in [0.4, 0.5) is 5.69 Å². The van der Waals surface area contributed by atoms with Crippen LogP contribution in [0.3, 0.4) is 0 Å². The van der Waals surface area contributed by atoms with Crippen molar-refractivity contribution in [3.8, 4) is 0 Å². The molecule has 114 valence electrons. The lowest BCUT2D eigenvalue weighted by atomic mass is 10.1. The molecule has 0 bridgehead atoms. The smallest absolute Gasteiger partial charge is 0.242 e. The van der Waals surface area contributed by atoms with Gasteiger partial charge in [0.2, 0.25) is 10.0 Å². The van der Waals surface area contributed by atoms with E-state index in [1.807, 2.05) is 20.8 Å². The molecule has 0 atom stereocenters. The van der Waals surface area contributed by atoms with E-state index >= 15 is 0 Å². The minimum absolute atomic E-state index is 0.0189. The Kier molecular flexibility index (Phi) is 5.43. The zero-order chi connectivity index (χ0) is 15.6. The molecule has 0 fully saturated rings. The van der Waals surface area contributed by atoms with E-state index in [0.717, 1.165) is 5.56 Å².